The molecule has 0 radical (unpaired) electrons. The second-order valence-corrected chi connectivity index (χ2v) is 5.47. The van der Waals surface area contributed by atoms with Crippen molar-refractivity contribution in [1.29, 1.82) is 0 Å². The molecule has 1 heterocycles. The van der Waals surface area contributed by atoms with Gasteiger partial charge in [0.25, 0.3) is 0 Å². The maximum Gasteiger partial charge on any atom is 0.316 e. The highest BCUT2D eigenvalue weighted by molar-refractivity contribution is 6.40. The summed E-state index contributed by atoms with van der Waals surface area (Å²) in [6.45, 7) is 0.511. The van der Waals surface area contributed by atoms with Crippen molar-refractivity contribution in [1.82, 2.24) is 5.32 Å². The van der Waals surface area contributed by atoms with Crippen LogP contribution in [0.5, 0.6) is 0 Å². The lowest BCUT2D eigenvalue weighted by Gasteiger charge is -2.17. The minimum Gasteiger partial charge on any atom is -0.387 e. The fourth-order valence-electron chi connectivity index (χ4n) is 2.73. The van der Waals surface area contributed by atoms with Gasteiger partial charge in [-0.15, -0.1) is 0 Å². The Morgan fingerprint density at radius 2 is 1.78 bits per heavy atom. The standard InChI is InChI=1S/C18H18N2O3/c21-16(14-7-2-1-3-8-14)12-19-17(22)18(23)20-11-10-13-6-4-5-9-15(13)20/h1-9,16,21H,10-12H2,(H,19,22)/t16-/m1/s1. The minimum atomic E-state index is -0.834. The number of rotatable bonds is 3. The fraction of sp³-hybridized carbons (Fsp3) is 0.222. The summed E-state index contributed by atoms with van der Waals surface area (Å²) in [5.74, 6) is -1.29. The van der Waals surface area contributed by atoms with Crippen molar-refractivity contribution < 1.29 is 14.7 Å². The number of carbonyl (C=O) groups is 2. The first-order valence-corrected chi connectivity index (χ1v) is 7.57. The van der Waals surface area contributed by atoms with Crippen molar-refractivity contribution in [2.75, 3.05) is 18.0 Å². The highest BCUT2D eigenvalue weighted by Crippen LogP contribution is 2.27. The van der Waals surface area contributed by atoms with E-state index in [1.165, 1.54) is 4.90 Å². The second kappa shape index (κ2) is 6.62. The predicted molar refractivity (Wildman–Crippen MR) is 86.9 cm³/mol. The van der Waals surface area contributed by atoms with Gasteiger partial charge in [-0.25, -0.2) is 0 Å². The smallest absolute Gasteiger partial charge is 0.316 e. The third kappa shape index (κ3) is 3.24. The van der Waals surface area contributed by atoms with E-state index in [1.54, 1.807) is 12.1 Å². The molecule has 0 aliphatic carbocycles. The molecule has 0 saturated carbocycles. The van der Waals surface area contributed by atoms with Gasteiger partial charge in [-0.2, -0.15) is 0 Å². The number of anilines is 1. The molecule has 2 aromatic rings. The van der Waals surface area contributed by atoms with E-state index in [-0.39, 0.29) is 6.54 Å². The SMILES string of the molecule is O=C(NC[C@@H](O)c1ccccc1)C(=O)N1CCc2ccccc21. The fourth-order valence-corrected chi connectivity index (χ4v) is 2.73. The number of fused-ring (bicyclic) bond motifs is 1. The zero-order valence-corrected chi connectivity index (χ0v) is 12.6. The first kappa shape index (κ1) is 15.2. The van der Waals surface area contributed by atoms with Gasteiger partial charge in [0.05, 0.1) is 6.10 Å². The summed E-state index contributed by atoms with van der Waals surface area (Å²) in [5, 5.41) is 12.5. The summed E-state index contributed by atoms with van der Waals surface area (Å²) in [4.78, 5) is 25.8. The molecule has 5 heteroatoms. The molecule has 0 aromatic heterocycles. The van der Waals surface area contributed by atoms with Crippen molar-refractivity contribution >= 4 is 17.5 Å². The number of carbonyl (C=O) groups excluding carboxylic acids is 2. The Labute approximate surface area is 134 Å². The normalized spacial score (nSPS) is 14.2. The maximum atomic E-state index is 12.3. The van der Waals surface area contributed by atoms with Crippen molar-refractivity contribution in [2.24, 2.45) is 0 Å². The molecule has 2 aromatic carbocycles. The maximum absolute atomic E-state index is 12.3. The molecule has 0 saturated heterocycles. The van der Waals surface area contributed by atoms with Crippen LogP contribution in [0.1, 0.15) is 17.2 Å². The lowest BCUT2D eigenvalue weighted by atomic mass is 10.1. The Morgan fingerprint density at radius 3 is 2.57 bits per heavy atom. The van der Waals surface area contributed by atoms with E-state index in [4.69, 9.17) is 0 Å². The average Bonchev–Trinajstić information content (AvgIpc) is 3.03. The number of nitrogens with zero attached hydrogens (tertiary/aromatic N) is 1. The van der Waals surface area contributed by atoms with Gasteiger partial charge in [-0.1, -0.05) is 48.5 Å². The van der Waals surface area contributed by atoms with Crippen LogP contribution in [0.25, 0.3) is 0 Å². The van der Waals surface area contributed by atoms with Crippen LogP contribution in [0.3, 0.4) is 0 Å². The van der Waals surface area contributed by atoms with E-state index < -0.39 is 17.9 Å². The zero-order valence-electron chi connectivity index (χ0n) is 12.6. The van der Waals surface area contributed by atoms with Gasteiger partial charge in [-0.3, -0.25) is 9.59 Å². The number of benzene rings is 2. The molecule has 0 unspecified atom stereocenters. The number of para-hydroxylation sites is 1. The highest BCUT2D eigenvalue weighted by Gasteiger charge is 2.28. The number of nitrogens with one attached hydrogen (secondary N) is 1. The third-order valence-electron chi connectivity index (χ3n) is 3.97. The average molecular weight is 310 g/mol. The van der Waals surface area contributed by atoms with Gasteiger partial charge in [-0.05, 0) is 23.6 Å². The van der Waals surface area contributed by atoms with Gasteiger partial charge in [0, 0.05) is 18.8 Å². The summed E-state index contributed by atoms with van der Waals surface area (Å²) in [6, 6.07) is 16.6. The van der Waals surface area contributed by atoms with Gasteiger partial charge in [0.1, 0.15) is 0 Å². The quantitative estimate of drug-likeness (QED) is 0.843. The Bertz CT molecular complexity index is 715. The van der Waals surface area contributed by atoms with E-state index in [0.717, 1.165) is 17.7 Å². The Kier molecular flexibility index (Phi) is 4.39. The number of hydrogen-bond donors (Lipinski definition) is 2. The first-order valence-electron chi connectivity index (χ1n) is 7.57. The van der Waals surface area contributed by atoms with Crippen LogP contribution in [-0.4, -0.2) is 30.0 Å². The van der Waals surface area contributed by atoms with Crippen LogP contribution in [-0.2, 0) is 16.0 Å². The molecule has 5 nitrogen and oxygen atoms in total. The molecule has 2 amide bonds. The van der Waals surface area contributed by atoms with Crippen molar-refractivity contribution in [3.8, 4) is 0 Å². The van der Waals surface area contributed by atoms with Gasteiger partial charge in [0.2, 0.25) is 0 Å². The zero-order chi connectivity index (χ0) is 16.2. The van der Waals surface area contributed by atoms with E-state index in [1.807, 2.05) is 42.5 Å². The molecular weight excluding hydrogens is 292 g/mol. The van der Waals surface area contributed by atoms with Crippen LogP contribution >= 0.6 is 0 Å². The van der Waals surface area contributed by atoms with Crippen LogP contribution in [0.2, 0.25) is 0 Å². The monoisotopic (exact) mass is 310 g/mol. The van der Waals surface area contributed by atoms with E-state index in [9.17, 15) is 14.7 Å². The number of aliphatic hydroxyl groups excluding tert-OH is 1. The highest BCUT2D eigenvalue weighted by atomic mass is 16.3. The first-order chi connectivity index (χ1) is 11.2. The van der Waals surface area contributed by atoms with Crippen molar-refractivity contribution in [3.05, 3.63) is 65.7 Å². The molecule has 1 aliphatic heterocycles. The molecular formula is C18H18N2O3. The van der Waals surface area contributed by atoms with Crippen LogP contribution in [0, 0.1) is 0 Å². The Morgan fingerprint density at radius 1 is 1.09 bits per heavy atom. The molecule has 0 fully saturated rings. The largest absolute Gasteiger partial charge is 0.387 e. The topological polar surface area (TPSA) is 69.6 Å². The van der Waals surface area contributed by atoms with E-state index in [2.05, 4.69) is 5.32 Å². The summed E-state index contributed by atoms with van der Waals surface area (Å²) < 4.78 is 0. The van der Waals surface area contributed by atoms with Crippen LogP contribution in [0.4, 0.5) is 5.69 Å². The molecule has 3 rings (SSSR count). The third-order valence-corrected chi connectivity index (χ3v) is 3.97. The van der Waals surface area contributed by atoms with Gasteiger partial charge < -0.3 is 15.3 Å². The molecule has 1 atom stereocenters. The van der Waals surface area contributed by atoms with Crippen molar-refractivity contribution in [3.63, 3.8) is 0 Å². The van der Waals surface area contributed by atoms with E-state index >= 15 is 0 Å². The Hall–Kier alpha value is -2.66. The van der Waals surface area contributed by atoms with E-state index in [0.29, 0.717) is 12.1 Å². The number of hydrogen-bond acceptors (Lipinski definition) is 3. The van der Waals surface area contributed by atoms with Gasteiger partial charge >= 0.3 is 11.8 Å². The molecule has 0 spiro atoms. The second-order valence-electron chi connectivity index (χ2n) is 5.47. The summed E-state index contributed by atoms with van der Waals surface area (Å²) >= 11 is 0. The molecule has 118 valence electrons. The molecule has 1 aliphatic rings. The lowest BCUT2D eigenvalue weighted by molar-refractivity contribution is -0.137. The van der Waals surface area contributed by atoms with Gasteiger partial charge in [0.15, 0.2) is 0 Å². The lowest BCUT2D eigenvalue weighted by Crippen LogP contribution is -2.43. The van der Waals surface area contributed by atoms with Crippen molar-refractivity contribution in [2.45, 2.75) is 12.5 Å². The number of aliphatic hydroxyl groups is 1. The molecule has 0 bridgehead atoms. The molecule has 23 heavy (non-hydrogen) atoms. The number of amides is 2. The summed E-state index contributed by atoms with van der Waals surface area (Å²) in [5.41, 5.74) is 2.56. The van der Waals surface area contributed by atoms with Crippen LogP contribution in [0.15, 0.2) is 54.6 Å². The minimum absolute atomic E-state index is 0.00404. The Balaban J connectivity index is 1.60. The summed E-state index contributed by atoms with van der Waals surface area (Å²) in [6.07, 6.45) is -0.0826. The van der Waals surface area contributed by atoms with Crippen LogP contribution < -0.4 is 10.2 Å². The molecule has 2 N–H and O–H groups in total. The summed E-state index contributed by atoms with van der Waals surface area (Å²) in [7, 11) is 0. The predicted octanol–water partition coefficient (Wildman–Crippen LogP) is 1.43.